The largest absolute Gasteiger partial charge is 0.443 e. The highest BCUT2D eigenvalue weighted by atomic mass is 16.6. The molecule has 1 aromatic rings. The Hall–Kier alpha value is -1.90. The van der Waals surface area contributed by atoms with E-state index in [1.54, 1.807) is 7.11 Å². The van der Waals surface area contributed by atoms with Gasteiger partial charge in [-0.25, -0.2) is 9.78 Å². The second-order valence-corrected chi connectivity index (χ2v) is 12.1. The van der Waals surface area contributed by atoms with Gasteiger partial charge in [-0.15, -0.1) is 0 Å². The maximum atomic E-state index is 13.1. The van der Waals surface area contributed by atoms with Crippen LogP contribution in [-0.4, -0.2) is 58.9 Å². The van der Waals surface area contributed by atoms with Crippen LogP contribution in [0.25, 0.3) is 0 Å². The fourth-order valence-electron chi connectivity index (χ4n) is 6.01. The third kappa shape index (κ3) is 5.65. The number of rotatable bonds is 10. The summed E-state index contributed by atoms with van der Waals surface area (Å²) in [5, 5.41) is 3.08. The van der Waals surface area contributed by atoms with E-state index in [1.807, 2.05) is 12.5 Å². The Bertz CT molecular complexity index is 949. The zero-order valence-corrected chi connectivity index (χ0v) is 23.2. The van der Waals surface area contributed by atoms with Crippen LogP contribution >= 0.6 is 0 Å². The third-order valence-electron chi connectivity index (χ3n) is 7.98. The first kappa shape index (κ1) is 27.1. The smallest absolute Gasteiger partial charge is 0.408 e. The highest BCUT2D eigenvalue weighted by molar-refractivity contribution is 5.68. The van der Waals surface area contributed by atoms with Crippen LogP contribution in [0.4, 0.5) is 4.79 Å². The number of allylic oxidation sites excluding steroid dienone is 1. The lowest BCUT2D eigenvalue weighted by atomic mass is 9.68. The van der Waals surface area contributed by atoms with Crippen molar-refractivity contribution in [2.45, 2.75) is 110 Å². The molecule has 4 rings (SSSR count). The van der Waals surface area contributed by atoms with E-state index in [1.165, 1.54) is 5.57 Å². The Kier molecular flexibility index (Phi) is 7.89. The zero-order chi connectivity index (χ0) is 26.3. The molecule has 3 fully saturated rings. The van der Waals surface area contributed by atoms with E-state index in [0.29, 0.717) is 18.9 Å². The molecule has 7 atom stereocenters. The molecular weight excluding hydrogens is 458 g/mol. The van der Waals surface area contributed by atoms with Gasteiger partial charge in [0.05, 0.1) is 36.7 Å². The van der Waals surface area contributed by atoms with Crippen LogP contribution in [0.15, 0.2) is 24.2 Å². The molecular formula is C28H45N3O5. The van der Waals surface area contributed by atoms with Crippen LogP contribution in [0, 0.1) is 17.8 Å². The summed E-state index contributed by atoms with van der Waals surface area (Å²) in [5.74, 6) is 0.685. The van der Waals surface area contributed by atoms with Crippen molar-refractivity contribution in [3.05, 3.63) is 29.9 Å². The molecule has 202 valence electrons. The van der Waals surface area contributed by atoms with Gasteiger partial charge in [0.15, 0.2) is 0 Å². The molecule has 36 heavy (non-hydrogen) atoms. The normalized spacial score (nSPS) is 34.1. The van der Waals surface area contributed by atoms with E-state index in [4.69, 9.17) is 18.9 Å². The predicted molar refractivity (Wildman–Crippen MR) is 138 cm³/mol. The number of amides is 1. The second kappa shape index (κ2) is 10.5. The van der Waals surface area contributed by atoms with Crippen LogP contribution in [0.2, 0.25) is 0 Å². The van der Waals surface area contributed by atoms with Gasteiger partial charge in [-0.1, -0.05) is 39.3 Å². The van der Waals surface area contributed by atoms with Gasteiger partial charge >= 0.3 is 6.09 Å². The molecule has 2 saturated heterocycles. The molecule has 2 aliphatic heterocycles. The van der Waals surface area contributed by atoms with E-state index in [9.17, 15) is 4.79 Å². The first-order chi connectivity index (χ1) is 17.0. The van der Waals surface area contributed by atoms with Crippen molar-refractivity contribution < 1.29 is 23.7 Å². The van der Waals surface area contributed by atoms with Gasteiger partial charge in [0, 0.05) is 19.9 Å². The Labute approximate surface area is 216 Å². The third-order valence-corrected chi connectivity index (χ3v) is 7.98. The maximum absolute atomic E-state index is 13.1. The molecule has 3 heterocycles. The molecule has 8 heteroatoms. The lowest BCUT2D eigenvalue weighted by Crippen LogP contribution is -2.56. The highest BCUT2D eigenvalue weighted by Gasteiger charge is 2.72. The minimum absolute atomic E-state index is 0.00439. The summed E-state index contributed by atoms with van der Waals surface area (Å²) in [6.07, 6.45) is 7.49. The fourth-order valence-corrected chi connectivity index (χ4v) is 6.01. The van der Waals surface area contributed by atoms with Gasteiger partial charge in [0.2, 0.25) is 0 Å². The number of methoxy groups -OCH3 is 1. The van der Waals surface area contributed by atoms with E-state index >= 15 is 0 Å². The van der Waals surface area contributed by atoms with Crippen molar-refractivity contribution in [3.8, 4) is 0 Å². The van der Waals surface area contributed by atoms with Crippen molar-refractivity contribution in [3.63, 3.8) is 0 Å². The van der Waals surface area contributed by atoms with Crippen molar-refractivity contribution in [1.82, 2.24) is 14.9 Å². The number of nitrogens with one attached hydrogen (secondary N) is 1. The first-order valence-corrected chi connectivity index (χ1v) is 13.5. The monoisotopic (exact) mass is 503 g/mol. The summed E-state index contributed by atoms with van der Waals surface area (Å²) >= 11 is 0. The van der Waals surface area contributed by atoms with Crippen LogP contribution in [0.5, 0.6) is 0 Å². The van der Waals surface area contributed by atoms with Crippen molar-refractivity contribution in [2.75, 3.05) is 13.7 Å². The van der Waals surface area contributed by atoms with Crippen LogP contribution in [0.3, 0.4) is 0 Å². The maximum Gasteiger partial charge on any atom is 0.408 e. The van der Waals surface area contributed by atoms with Gasteiger partial charge in [-0.3, -0.25) is 0 Å². The number of hydrogen-bond donors (Lipinski definition) is 1. The Morgan fingerprint density at radius 1 is 1.33 bits per heavy atom. The molecule has 8 nitrogen and oxygen atoms in total. The number of alkyl carbamates (subject to hydrolysis) is 1. The molecule has 0 aromatic carbocycles. The second-order valence-electron chi connectivity index (χ2n) is 12.1. The van der Waals surface area contributed by atoms with E-state index in [0.717, 1.165) is 25.1 Å². The Morgan fingerprint density at radius 3 is 2.64 bits per heavy atom. The highest BCUT2D eigenvalue weighted by Crippen LogP contribution is 2.59. The Morgan fingerprint density at radius 2 is 2.06 bits per heavy atom. The minimum Gasteiger partial charge on any atom is -0.443 e. The lowest BCUT2D eigenvalue weighted by Gasteiger charge is -2.42. The SMILES string of the molecule is CO[C@H]1C([C@@]2(C)O[C@@H]2CC=C(C)C)[C@]2(CC[C@H]1OC(=O)N[C@H](c1cn(CC(C)C)cn1)C(C)C)CO2. The standard InChI is InChI=1S/C28H45N3O5/c1-17(2)9-10-22-27(7,36-22)25-24(33-8)21(11-12-28(25)15-34-28)35-26(32)30-23(19(5)6)20-14-31(16-29-20)13-18(3)4/h9,14,16,18-19,21-25H,10-13,15H2,1-8H3,(H,30,32)/t21-,22-,23+,24-,25?,27+,28+/m1/s1. The summed E-state index contributed by atoms with van der Waals surface area (Å²) in [6.45, 7) is 16.5. The summed E-state index contributed by atoms with van der Waals surface area (Å²) in [7, 11) is 1.70. The van der Waals surface area contributed by atoms with E-state index in [2.05, 4.69) is 69.4 Å². The number of carbonyl (C=O) groups is 1. The van der Waals surface area contributed by atoms with Crippen molar-refractivity contribution in [1.29, 1.82) is 0 Å². The molecule has 0 radical (unpaired) electrons. The van der Waals surface area contributed by atoms with Crippen LogP contribution < -0.4 is 5.32 Å². The number of imidazole rings is 1. The van der Waals surface area contributed by atoms with Crippen molar-refractivity contribution >= 4 is 6.09 Å². The van der Waals surface area contributed by atoms with Crippen LogP contribution in [0.1, 0.15) is 79.5 Å². The van der Waals surface area contributed by atoms with E-state index in [-0.39, 0.29) is 47.4 Å². The molecule has 1 amide bonds. The fraction of sp³-hybridized carbons (Fsp3) is 0.786. The van der Waals surface area contributed by atoms with Gasteiger partial charge in [0.25, 0.3) is 0 Å². The van der Waals surface area contributed by atoms with E-state index < -0.39 is 6.09 Å². The number of aromatic nitrogens is 2. The lowest BCUT2D eigenvalue weighted by molar-refractivity contribution is -0.118. The van der Waals surface area contributed by atoms with Gasteiger partial charge in [-0.2, -0.15) is 0 Å². The number of nitrogens with zero attached hydrogens (tertiary/aromatic N) is 2. The number of carbonyl (C=O) groups excluding carboxylic acids is 1. The number of ether oxygens (including phenoxy) is 4. The number of hydrogen-bond acceptors (Lipinski definition) is 6. The average molecular weight is 504 g/mol. The quantitative estimate of drug-likeness (QED) is 0.355. The van der Waals surface area contributed by atoms with Crippen LogP contribution in [-0.2, 0) is 25.5 Å². The number of epoxide rings is 2. The predicted octanol–water partition coefficient (Wildman–Crippen LogP) is 5.04. The Balaban J connectivity index is 1.44. The summed E-state index contributed by atoms with van der Waals surface area (Å²) in [5.41, 5.74) is 1.53. The summed E-state index contributed by atoms with van der Waals surface area (Å²) in [6, 6.07) is -0.234. The zero-order valence-electron chi connectivity index (χ0n) is 23.2. The molecule has 3 aliphatic rings. The first-order valence-electron chi connectivity index (χ1n) is 13.5. The molecule has 1 saturated carbocycles. The van der Waals surface area contributed by atoms with Gasteiger partial charge in [0.1, 0.15) is 23.4 Å². The minimum atomic E-state index is -0.437. The molecule has 1 unspecified atom stereocenters. The average Bonchev–Trinajstić information content (AvgIpc) is 3.66. The van der Waals surface area contributed by atoms with Gasteiger partial charge < -0.3 is 28.8 Å². The summed E-state index contributed by atoms with van der Waals surface area (Å²) < 4.78 is 26.4. The molecule has 1 N–H and O–H groups in total. The van der Waals surface area contributed by atoms with Gasteiger partial charge in [-0.05, 0) is 51.9 Å². The molecule has 1 spiro atoms. The summed E-state index contributed by atoms with van der Waals surface area (Å²) in [4.78, 5) is 17.7. The molecule has 1 aliphatic carbocycles. The molecule has 1 aromatic heterocycles. The molecule has 0 bridgehead atoms. The van der Waals surface area contributed by atoms with Crippen molar-refractivity contribution in [2.24, 2.45) is 17.8 Å². The topological polar surface area (TPSA) is 90.4 Å².